The first-order valence-corrected chi connectivity index (χ1v) is 13.3. The monoisotopic (exact) mass is 568 g/mol. The van der Waals surface area contributed by atoms with Crippen LogP contribution in [-0.4, -0.2) is 53.9 Å². The standard InChI is InChI=1S/C28H30ClFN6O4/c1-3-28(38)34-21-13-22(25(39-2)14-24(21)35-7-4-20(37)5-8-35)33-26-15-27(32-16-31-26)36-23(6-9-40-36)17-10-18(29)12-19(30)11-17/h3,10-16,20,23,37H,1,4-9H2,2H3,(H,34,38)(H,31,32,33). The third-order valence-electron chi connectivity index (χ3n) is 6.88. The molecule has 210 valence electrons. The fourth-order valence-electron chi connectivity index (χ4n) is 4.93. The number of piperidine rings is 1. The van der Waals surface area contributed by atoms with Crippen molar-refractivity contribution >= 4 is 46.2 Å². The van der Waals surface area contributed by atoms with E-state index in [9.17, 15) is 14.3 Å². The van der Waals surface area contributed by atoms with Crippen LogP contribution in [0.2, 0.25) is 5.02 Å². The summed E-state index contributed by atoms with van der Waals surface area (Å²) in [5.41, 5.74) is 2.57. The molecular weight excluding hydrogens is 539 g/mol. The number of nitrogens with zero attached hydrogens (tertiary/aromatic N) is 4. The Kier molecular flexibility index (Phi) is 8.34. The van der Waals surface area contributed by atoms with Gasteiger partial charge in [0.2, 0.25) is 5.91 Å². The maximum atomic E-state index is 14.1. The van der Waals surface area contributed by atoms with E-state index in [1.807, 2.05) is 6.07 Å². The molecule has 2 aliphatic heterocycles. The zero-order valence-electron chi connectivity index (χ0n) is 21.9. The Bertz CT molecular complexity index is 1380. The van der Waals surface area contributed by atoms with Crippen LogP contribution >= 0.6 is 11.6 Å². The molecule has 0 aliphatic carbocycles. The number of aliphatic hydroxyl groups excluding tert-OH is 1. The quantitative estimate of drug-likeness (QED) is 0.323. The highest BCUT2D eigenvalue weighted by molar-refractivity contribution is 6.30. The molecule has 40 heavy (non-hydrogen) atoms. The lowest BCUT2D eigenvalue weighted by Gasteiger charge is -2.33. The molecule has 3 heterocycles. The number of methoxy groups -OCH3 is 1. The van der Waals surface area contributed by atoms with Gasteiger partial charge in [-0.2, -0.15) is 0 Å². The Labute approximate surface area is 236 Å². The van der Waals surface area contributed by atoms with Gasteiger partial charge in [-0.3, -0.25) is 9.63 Å². The molecule has 0 saturated carbocycles. The maximum absolute atomic E-state index is 14.1. The van der Waals surface area contributed by atoms with Crippen molar-refractivity contribution in [3.8, 4) is 5.75 Å². The van der Waals surface area contributed by atoms with Crippen LogP contribution in [0.5, 0.6) is 5.75 Å². The van der Waals surface area contributed by atoms with Gasteiger partial charge in [-0.25, -0.2) is 19.4 Å². The average Bonchev–Trinajstić information content (AvgIpc) is 3.44. The third kappa shape index (κ3) is 6.11. The zero-order valence-corrected chi connectivity index (χ0v) is 22.7. The highest BCUT2D eigenvalue weighted by atomic mass is 35.5. The van der Waals surface area contributed by atoms with Crippen LogP contribution in [0.1, 0.15) is 30.9 Å². The van der Waals surface area contributed by atoms with Gasteiger partial charge < -0.3 is 25.4 Å². The van der Waals surface area contributed by atoms with E-state index in [1.165, 1.54) is 24.5 Å². The zero-order chi connectivity index (χ0) is 28.2. The van der Waals surface area contributed by atoms with E-state index in [-0.39, 0.29) is 18.1 Å². The topological polar surface area (TPSA) is 112 Å². The lowest BCUT2D eigenvalue weighted by atomic mass is 10.0. The van der Waals surface area contributed by atoms with E-state index < -0.39 is 5.82 Å². The summed E-state index contributed by atoms with van der Waals surface area (Å²) in [6.45, 7) is 5.26. The first-order valence-electron chi connectivity index (χ1n) is 12.9. The number of nitrogens with one attached hydrogen (secondary N) is 2. The number of hydrogen-bond acceptors (Lipinski definition) is 9. The molecule has 0 radical (unpaired) electrons. The van der Waals surface area contributed by atoms with Crippen LogP contribution < -0.4 is 25.3 Å². The van der Waals surface area contributed by atoms with Crippen LogP contribution in [0.15, 0.2) is 55.4 Å². The molecule has 1 atom stereocenters. The lowest BCUT2D eigenvalue weighted by molar-refractivity contribution is -0.111. The summed E-state index contributed by atoms with van der Waals surface area (Å²) in [4.78, 5) is 28.9. The molecule has 1 amide bonds. The first-order chi connectivity index (χ1) is 19.3. The Morgan fingerprint density at radius 2 is 1.98 bits per heavy atom. The normalized spacial score (nSPS) is 17.6. The predicted molar refractivity (Wildman–Crippen MR) is 152 cm³/mol. The van der Waals surface area contributed by atoms with E-state index in [0.717, 1.165) is 5.69 Å². The van der Waals surface area contributed by atoms with Gasteiger partial charge in [-0.1, -0.05) is 18.2 Å². The van der Waals surface area contributed by atoms with Gasteiger partial charge in [-0.05, 0) is 48.7 Å². The van der Waals surface area contributed by atoms with Gasteiger partial charge >= 0.3 is 0 Å². The minimum atomic E-state index is -0.421. The molecule has 0 spiro atoms. The summed E-state index contributed by atoms with van der Waals surface area (Å²) in [5, 5.41) is 18.0. The number of hydrogen-bond donors (Lipinski definition) is 3. The fourth-order valence-corrected chi connectivity index (χ4v) is 5.16. The minimum absolute atomic E-state index is 0.284. The van der Waals surface area contributed by atoms with Gasteiger partial charge in [-0.15, -0.1) is 0 Å². The number of carbonyl (C=O) groups is 1. The predicted octanol–water partition coefficient (Wildman–Crippen LogP) is 4.99. The van der Waals surface area contributed by atoms with E-state index >= 15 is 0 Å². The first kappa shape index (κ1) is 27.6. The summed E-state index contributed by atoms with van der Waals surface area (Å²) in [6.07, 6.45) is 4.15. The maximum Gasteiger partial charge on any atom is 0.247 e. The van der Waals surface area contributed by atoms with Crippen LogP contribution in [0.3, 0.4) is 0 Å². The van der Waals surface area contributed by atoms with Gasteiger partial charge in [0.25, 0.3) is 0 Å². The molecule has 0 bridgehead atoms. The molecule has 12 heteroatoms. The van der Waals surface area contributed by atoms with Crippen molar-refractivity contribution in [1.82, 2.24) is 9.97 Å². The van der Waals surface area contributed by atoms with Crippen molar-refractivity contribution in [3.05, 3.63) is 71.8 Å². The number of amides is 1. The van der Waals surface area contributed by atoms with E-state index in [1.54, 1.807) is 30.4 Å². The molecule has 10 nitrogen and oxygen atoms in total. The average molecular weight is 569 g/mol. The summed E-state index contributed by atoms with van der Waals surface area (Å²) >= 11 is 6.09. The number of aliphatic hydroxyl groups is 1. The number of hydroxylamine groups is 1. The van der Waals surface area contributed by atoms with Gasteiger partial charge in [0, 0.05) is 36.7 Å². The fraction of sp³-hybridized carbons (Fsp3) is 0.321. The van der Waals surface area contributed by atoms with Gasteiger partial charge in [0.1, 0.15) is 23.7 Å². The summed E-state index contributed by atoms with van der Waals surface area (Å²) in [6, 6.07) is 9.45. The van der Waals surface area contributed by atoms with Crippen molar-refractivity contribution < 1.29 is 23.9 Å². The second kappa shape index (κ2) is 12.1. The third-order valence-corrected chi connectivity index (χ3v) is 7.10. The number of ether oxygens (including phenoxy) is 1. The molecule has 2 saturated heterocycles. The molecule has 1 unspecified atom stereocenters. The lowest BCUT2D eigenvalue weighted by Crippen LogP contribution is -2.36. The molecule has 2 aromatic carbocycles. The summed E-state index contributed by atoms with van der Waals surface area (Å²) < 4.78 is 19.7. The highest BCUT2D eigenvalue weighted by Crippen LogP contribution is 2.40. The molecule has 3 aromatic rings. The second-order valence-corrected chi connectivity index (χ2v) is 9.97. The molecule has 3 N–H and O–H groups in total. The molecule has 2 aliphatic rings. The number of anilines is 5. The van der Waals surface area contributed by atoms with Crippen LogP contribution in [0.4, 0.5) is 33.1 Å². The SMILES string of the molecule is C=CC(=O)Nc1cc(Nc2cc(N3OCCC3c3cc(F)cc(Cl)c3)ncn2)c(OC)cc1N1CCC(O)CC1. The Morgan fingerprint density at radius 3 is 2.70 bits per heavy atom. The molecule has 2 fully saturated rings. The number of carbonyl (C=O) groups excluding carboxylic acids is 1. The number of halogens is 2. The minimum Gasteiger partial charge on any atom is -0.494 e. The van der Waals surface area contributed by atoms with Crippen molar-refractivity contribution in [3.63, 3.8) is 0 Å². The van der Waals surface area contributed by atoms with Gasteiger partial charge in [0.05, 0.1) is 42.9 Å². The largest absolute Gasteiger partial charge is 0.494 e. The Hall–Kier alpha value is -3.93. The van der Waals surface area contributed by atoms with E-state index in [2.05, 4.69) is 32.1 Å². The van der Waals surface area contributed by atoms with Crippen molar-refractivity contribution in [2.75, 3.05) is 47.4 Å². The summed E-state index contributed by atoms with van der Waals surface area (Å²) in [5.74, 6) is 0.679. The van der Waals surface area contributed by atoms with Crippen molar-refractivity contribution in [2.24, 2.45) is 0 Å². The van der Waals surface area contributed by atoms with Crippen LogP contribution in [-0.2, 0) is 9.63 Å². The Morgan fingerprint density at radius 1 is 1.18 bits per heavy atom. The number of aromatic nitrogens is 2. The van der Waals surface area contributed by atoms with Crippen LogP contribution in [0, 0.1) is 5.82 Å². The summed E-state index contributed by atoms with van der Waals surface area (Å²) in [7, 11) is 1.56. The van der Waals surface area contributed by atoms with Crippen molar-refractivity contribution in [2.45, 2.75) is 31.4 Å². The number of benzene rings is 2. The molecule has 1 aromatic heterocycles. The number of rotatable bonds is 8. The Balaban J connectivity index is 1.44. The van der Waals surface area contributed by atoms with E-state index in [0.29, 0.717) is 78.3 Å². The van der Waals surface area contributed by atoms with Crippen LogP contribution in [0.25, 0.3) is 0 Å². The smallest absolute Gasteiger partial charge is 0.247 e. The van der Waals surface area contributed by atoms with Gasteiger partial charge in [0.15, 0.2) is 5.82 Å². The molecular formula is C28H30ClFN6O4. The highest BCUT2D eigenvalue weighted by Gasteiger charge is 2.30. The van der Waals surface area contributed by atoms with E-state index in [4.69, 9.17) is 21.2 Å². The second-order valence-electron chi connectivity index (χ2n) is 9.53. The molecule has 5 rings (SSSR count). The van der Waals surface area contributed by atoms with Crippen molar-refractivity contribution in [1.29, 1.82) is 0 Å².